The Morgan fingerprint density at radius 2 is 1.96 bits per heavy atom. The second-order valence-corrected chi connectivity index (χ2v) is 6.21. The molecule has 23 heavy (non-hydrogen) atoms. The third-order valence-corrected chi connectivity index (χ3v) is 4.54. The van der Waals surface area contributed by atoms with Gasteiger partial charge in [-0.3, -0.25) is 0 Å². The van der Waals surface area contributed by atoms with E-state index in [9.17, 15) is 5.11 Å². The predicted molar refractivity (Wildman–Crippen MR) is 93.9 cm³/mol. The average Bonchev–Trinajstić information content (AvgIpc) is 2.58. The van der Waals surface area contributed by atoms with Gasteiger partial charge in [-0.05, 0) is 54.5 Å². The number of nitrogens with zero attached hydrogens (tertiary/aromatic N) is 1. The van der Waals surface area contributed by atoms with Crippen LogP contribution in [0.5, 0.6) is 0 Å². The van der Waals surface area contributed by atoms with E-state index in [2.05, 4.69) is 22.8 Å². The lowest BCUT2D eigenvalue weighted by Crippen LogP contribution is -2.34. The van der Waals surface area contributed by atoms with E-state index in [4.69, 9.17) is 4.74 Å². The Morgan fingerprint density at radius 3 is 2.61 bits per heavy atom. The first-order valence-corrected chi connectivity index (χ1v) is 8.45. The molecule has 0 spiro atoms. The SMILES string of the molecule is COCC=CC=C=CC(O)c1cc2c3c(c1)CCCN3CCC2. The first-order valence-electron chi connectivity index (χ1n) is 8.45. The van der Waals surface area contributed by atoms with E-state index in [1.165, 1.54) is 42.7 Å². The summed E-state index contributed by atoms with van der Waals surface area (Å²) in [4.78, 5) is 2.52. The van der Waals surface area contributed by atoms with E-state index in [0.717, 1.165) is 18.4 Å². The molecule has 0 radical (unpaired) electrons. The van der Waals surface area contributed by atoms with Gasteiger partial charge < -0.3 is 14.7 Å². The zero-order valence-corrected chi connectivity index (χ0v) is 13.8. The number of hydrogen-bond donors (Lipinski definition) is 1. The van der Waals surface area contributed by atoms with Crippen LogP contribution >= 0.6 is 0 Å². The monoisotopic (exact) mass is 311 g/mol. The van der Waals surface area contributed by atoms with Crippen LogP contribution in [0.2, 0.25) is 0 Å². The molecule has 1 N–H and O–H groups in total. The molecule has 1 atom stereocenters. The Balaban J connectivity index is 1.79. The largest absolute Gasteiger partial charge is 0.384 e. The van der Waals surface area contributed by atoms with Gasteiger partial charge in [0.2, 0.25) is 0 Å². The maximum Gasteiger partial charge on any atom is 0.105 e. The smallest absolute Gasteiger partial charge is 0.105 e. The Labute approximate surface area is 138 Å². The molecule has 3 nitrogen and oxygen atoms in total. The average molecular weight is 311 g/mol. The van der Waals surface area contributed by atoms with E-state index in [1.54, 1.807) is 19.3 Å². The Kier molecular flexibility index (Phi) is 5.35. The van der Waals surface area contributed by atoms with Crippen LogP contribution < -0.4 is 4.90 Å². The number of methoxy groups -OCH3 is 1. The van der Waals surface area contributed by atoms with Crippen LogP contribution in [0.15, 0.2) is 42.2 Å². The third-order valence-electron chi connectivity index (χ3n) is 4.54. The summed E-state index contributed by atoms with van der Waals surface area (Å²) >= 11 is 0. The highest BCUT2D eigenvalue weighted by Gasteiger charge is 2.24. The summed E-state index contributed by atoms with van der Waals surface area (Å²) in [7, 11) is 1.66. The van der Waals surface area contributed by atoms with Crippen molar-refractivity contribution in [1.29, 1.82) is 0 Å². The summed E-state index contributed by atoms with van der Waals surface area (Å²) in [5, 5.41) is 10.4. The summed E-state index contributed by atoms with van der Waals surface area (Å²) in [5.41, 5.74) is 8.27. The number of ether oxygens (including phenoxy) is 1. The van der Waals surface area contributed by atoms with Crippen molar-refractivity contribution in [3.63, 3.8) is 0 Å². The molecule has 3 heteroatoms. The molecule has 1 unspecified atom stereocenters. The number of anilines is 1. The van der Waals surface area contributed by atoms with Crippen LogP contribution in [-0.2, 0) is 17.6 Å². The molecular weight excluding hydrogens is 286 g/mol. The van der Waals surface area contributed by atoms with Crippen molar-refractivity contribution in [2.45, 2.75) is 31.8 Å². The molecular formula is C20H25NO2. The fraction of sp³-hybridized carbons (Fsp3) is 0.450. The van der Waals surface area contributed by atoms with Gasteiger partial charge in [-0.25, -0.2) is 0 Å². The minimum absolute atomic E-state index is 0.589. The van der Waals surface area contributed by atoms with E-state index in [-0.39, 0.29) is 0 Å². The summed E-state index contributed by atoms with van der Waals surface area (Å²) in [5.74, 6) is 0. The lowest BCUT2D eigenvalue weighted by molar-refractivity contribution is 0.228. The van der Waals surface area contributed by atoms with Gasteiger partial charge in [-0.1, -0.05) is 24.3 Å². The summed E-state index contributed by atoms with van der Waals surface area (Å²) in [6.07, 6.45) is 11.4. The molecule has 0 bridgehead atoms. The highest BCUT2D eigenvalue weighted by Crippen LogP contribution is 2.37. The zero-order valence-electron chi connectivity index (χ0n) is 13.8. The molecule has 0 saturated heterocycles. The number of aliphatic hydroxyl groups excluding tert-OH is 1. The molecule has 1 aromatic rings. The molecule has 2 aliphatic heterocycles. The van der Waals surface area contributed by atoms with Crippen molar-refractivity contribution < 1.29 is 9.84 Å². The first kappa shape index (κ1) is 16.1. The van der Waals surface area contributed by atoms with Crippen LogP contribution in [0.25, 0.3) is 0 Å². The molecule has 0 amide bonds. The number of hydrogen-bond acceptors (Lipinski definition) is 3. The molecule has 0 aliphatic carbocycles. The highest BCUT2D eigenvalue weighted by molar-refractivity contribution is 5.64. The van der Waals surface area contributed by atoms with E-state index >= 15 is 0 Å². The van der Waals surface area contributed by atoms with Gasteiger partial charge in [0.1, 0.15) is 6.10 Å². The number of aliphatic hydroxyl groups is 1. The molecule has 2 heterocycles. The second kappa shape index (κ2) is 7.65. The van der Waals surface area contributed by atoms with Gasteiger partial charge in [-0.2, -0.15) is 0 Å². The van der Waals surface area contributed by atoms with Gasteiger partial charge in [0.15, 0.2) is 0 Å². The van der Waals surface area contributed by atoms with E-state index < -0.39 is 6.10 Å². The molecule has 122 valence electrons. The standard InChI is InChI=1S/C20H25NO2/c1-23-13-5-3-2-4-10-19(22)18-14-16-8-6-11-21-12-7-9-17(15-18)20(16)21/h2-3,5,10,14-15,19,22H,6-9,11-13H2,1H3. The van der Waals surface area contributed by atoms with Crippen LogP contribution in [0, 0.1) is 0 Å². The minimum Gasteiger partial charge on any atom is -0.384 e. The van der Waals surface area contributed by atoms with Crippen molar-refractivity contribution in [2.75, 3.05) is 31.7 Å². The summed E-state index contributed by atoms with van der Waals surface area (Å²) in [6, 6.07) is 4.36. The van der Waals surface area contributed by atoms with Crippen LogP contribution in [0.1, 0.15) is 35.6 Å². The maximum atomic E-state index is 10.4. The Morgan fingerprint density at radius 1 is 1.26 bits per heavy atom. The fourth-order valence-corrected chi connectivity index (χ4v) is 3.52. The lowest BCUT2D eigenvalue weighted by Gasteiger charge is -2.37. The minimum atomic E-state index is -0.596. The molecule has 3 rings (SSSR count). The summed E-state index contributed by atoms with van der Waals surface area (Å²) in [6.45, 7) is 2.95. The number of allylic oxidation sites excluding steroid dienone is 1. The maximum absolute atomic E-state index is 10.4. The molecule has 2 aliphatic rings. The van der Waals surface area contributed by atoms with E-state index in [0.29, 0.717) is 6.61 Å². The first-order chi connectivity index (χ1) is 11.3. The predicted octanol–water partition coefficient (Wildman–Crippen LogP) is 3.33. The molecule has 0 aromatic heterocycles. The van der Waals surface area contributed by atoms with Crippen LogP contribution in [-0.4, -0.2) is 31.9 Å². The second-order valence-electron chi connectivity index (χ2n) is 6.21. The zero-order chi connectivity index (χ0) is 16.1. The van der Waals surface area contributed by atoms with Gasteiger partial charge in [0.25, 0.3) is 0 Å². The van der Waals surface area contributed by atoms with Gasteiger partial charge in [0, 0.05) is 25.9 Å². The number of aryl methyl sites for hydroxylation is 2. The molecule has 0 saturated carbocycles. The third kappa shape index (κ3) is 3.76. The van der Waals surface area contributed by atoms with Crippen LogP contribution in [0.4, 0.5) is 5.69 Å². The van der Waals surface area contributed by atoms with Crippen molar-refractivity contribution >= 4 is 5.69 Å². The van der Waals surface area contributed by atoms with E-state index in [1.807, 2.05) is 12.2 Å². The number of rotatable bonds is 5. The normalized spacial score (nSPS) is 17.6. The van der Waals surface area contributed by atoms with Crippen molar-refractivity contribution in [3.8, 4) is 0 Å². The number of benzene rings is 1. The Bertz CT molecular complexity index is 610. The van der Waals surface area contributed by atoms with Crippen molar-refractivity contribution in [3.05, 3.63) is 58.9 Å². The van der Waals surface area contributed by atoms with Crippen LogP contribution in [0.3, 0.4) is 0 Å². The molecule has 1 aromatic carbocycles. The van der Waals surface area contributed by atoms with Gasteiger partial charge in [-0.15, -0.1) is 5.73 Å². The molecule has 0 fully saturated rings. The topological polar surface area (TPSA) is 32.7 Å². The highest BCUT2D eigenvalue weighted by atomic mass is 16.5. The summed E-state index contributed by atoms with van der Waals surface area (Å²) < 4.78 is 4.93. The Hall–Kier alpha value is -1.80. The van der Waals surface area contributed by atoms with Crippen molar-refractivity contribution in [1.82, 2.24) is 0 Å². The van der Waals surface area contributed by atoms with Gasteiger partial charge >= 0.3 is 0 Å². The van der Waals surface area contributed by atoms with Crippen molar-refractivity contribution in [2.24, 2.45) is 0 Å². The van der Waals surface area contributed by atoms with Gasteiger partial charge in [0.05, 0.1) is 6.61 Å². The quantitative estimate of drug-likeness (QED) is 0.669. The fourth-order valence-electron chi connectivity index (χ4n) is 3.52. The lowest BCUT2D eigenvalue weighted by atomic mass is 9.89.